The second-order valence-corrected chi connectivity index (χ2v) is 11.1. The van der Waals surface area contributed by atoms with E-state index in [-0.39, 0.29) is 27.6 Å². The maximum absolute atomic E-state index is 13.1. The zero-order valence-electron chi connectivity index (χ0n) is 24.7. The number of pyridine rings is 1. The van der Waals surface area contributed by atoms with E-state index in [1.807, 2.05) is 38.9 Å². The largest absolute Gasteiger partial charge is 0.384 e. The first-order chi connectivity index (χ1) is 20.7. The summed E-state index contributed by atoms with van der Waals surface area (Å²) >= 11 is 2.30. The van der Waals surface area contributed by atoms with Crippen LogP contribution in [0.3, 0.4) is 0 Å². The van der Waals surface area contributed by atoms with Crippen molar-refractivity contribution in [2.45, 2.75) is 46.2 Å². The Morgan fingerprint density at radius 3 is 2.60 bits per heavy atom. The summed E-state index contributed by atoms with van der Waals surface area (Å²) in [7, 11) is 3.53. The molecule has 4 N–H and O–H groups in total. The number of halogens is 1. The van der Waals surface area contributed by atoms with Crippen molar-refractivity contribution < 1.29 is 18.8 Å². The molecule has 0 saturated carbocycles. The van der Waals surface area contributed by atoms with Gasteiger partial charge in [-0.1, -0.05) is 26.0 Å². The van der Waals surface area contributed by atoms with E-state index >= 15 is 0 Å². The maximum Gasteiger partial charge on any atom is 0.243 e. The van der Waals surface area contributed by atoms with Gasteiger partial charge in [-0.2, -0.15) is 0 Å². The van der Waals surface area contributed by atoms with E-state index < -0.39 is 5.82 Å². The van der Waals surface area contributed by atoms with Gasteiger partial charge in [-0.15, -0.1) is 11.3 Å². The second-order valence-electron chi connectivity index (χ2n) is 8.85. The van der Waals surface area contributed by atoms with Crippen LogP contribution in [0.4, 0.5) is 4.39 Å². The molecule has 1 amide bonds. The highest BCUT2D eigenvalue weighted by molar-refractivity contribution is 8.28. The molecule has 0 bridgehead atoms. The number of fused-ring (bicyclic) bond motifs is 1. The van der Waals surface area contributed by atoms with Crippen molar-refractivity contribution in [1.82, 2.24) is 20.5 Å². The van der Waals surface area contributed by atoms with Gasteiger partial charge in [0, 0.05) is 52.9 Å². The number of thioether (sulfide) groups is 1. The van der Waals surface area contributed by atoms with Crippen molar-refractivity contribution in [2.75, 3.05) is 14.1 Å². The third-order valence-electron chi connectivity index (χ3n) is 6.05. The van der Waals surface area contributed by atoms with E-state index in [0.29, 0.717) is 49.4 Å². The molecule has 2 aromatic heterocycles. The quantitative estimate of drug-likeness (QED) is 0.118. The Kier molecular flexibility index (Phi) is 14.4. The van der Waals surface area contributed by atoms with Crippen LogP contribution in [0.25, 0.3) is 10.1 Å². The lowest BCUT2D eigenvalue weighted by Crippen LogP contribution is -2.42. The number of aromatic nitrogens is 1. The number of nitrogens with one attached hydrogen (secondary N) is 4. The number of likely N-dealkylation sites (tertiary alicyclic amines) is 1. The summed E-state index contributed by atoms with van der Waals surface area (Å²) in [4.78, 5) is 45.2. The smallest absolute Gasteiger partial charge is 0.243 e. The Morgan fingerprint density at radius 1 is 1.23 bits per heavy atom. The minimum Gasteiger partial charge on any atom is -0.384 e. The van der Waals surface area contributed by atoms with Crippen molar-refractivity contribution in [2.24, 2.45) is 4.99 Å². The highest BCUT2D eigenvalue weighted by atomic mass is 32.2. The van der Waals surface area contributed by atoms with E-state index in [1.54, 1.807) is 24.5 Å². The summed E-state index contributed by atoms with van der Waals surface area (Å²) in [5.41, 5.74) is 1.49. The molecule has 0 radical (unpaired) electrons. The van der Waals surface area contributed by atoms with Gasteiger partial charge in [0.05, 0.1) is 18.4 Å². The fourth-order valence-corrected chi connectivity index (χ4v) is 5.49. The predicted molar refractivity (Wildman–Crippen MR) is 174 cm³/mol. The number of aliphatic imine (C=N–C) groups is 1. The van der Waals surface area contributed by atoms with Crippen molar-refractivity contribution in [3.8, 4) is 0 Å². The van der Waals surface area contributed by atoms with Crippen molar-refractivity contribution in [1.29, 1.82) is 10.8 Å². The van der Waals surface area contributed by atoms with Crippen LogP contribution in [0.15, 0.2) is 59.5 Å². The highest BCUT2D eigenvalue weighted by Crippen LogP contribution is 2.26. The number of nitrogens with zero attached hydrogens (tertiary/aromatic N) is 3. The summed E-state index contributed by atoms with van der Waals surface area (Å²) < 4.78 is 14.3. The van der Waals surface area contributed by atoms with Gasteiger partial charge < -0.3 is 15.5 Å². The Labute approximate surface area is 258 Å². The first-order valence-electron chi connectivity index (χ1n) is 13.5. The zero-order valence-corrected chi connectivity index (χ0v) is 26.4. The van der Waals surface area contributed by atoms with Crippen molar-refractivity contribution in [3.63, 3.8) is 0 Å². The lowest BCUT2D eigenvalue weighted by atomic mass is 10.2. The molecule has 1 saturated heterocycles. The number of allylic oxidation sites excluding steroid dienone is 1. The second kappa shape index (κ2) is 17.7. The minimum atomic E-state index is -0.524. The van der Waals surface area contributed by atoms with E-state index in [9.17, 15) is 18.8 Å². The molecular formula is C30H36FN7O3S2. The Morgan fingerprint density at radius 2 is 1.95 bits per heavy atom. The zero-order chi connectivity index (χ0) is 31.9. The highest BCUT2D eigenvalue weighted by Gasteiger charge is 2.31. The molecule has 0 aliphatic carbocycles. The van der Waals surface area contributed by atoms with Gasteiger partial charge in [0.15, 0.2) is 12.6 Å². The molecule has 43 heavy (non-hydrogen) atoms. The van der Waals surface area contributed by atoms with Crippen LogP contribution in [0, 0.1) is 23.6 Å². The normalized spacial score (nSPS) is 15.1. The van der Waals surface area contributed by atoms with Crippen LogP contribution in [0.5, 0.6) is 0 Å². The number of likely N-dealkylation sites (N-methyl/N-ethyl adjacent to an activating group) is 2. The van der Waals surface area contributed by atoms with Crippen LogP contribution in [-0.2, 0) is 20.9 Å². The number of hydrogen-bond donors (Lipinski definition) is 4. The fraction of sp³-hybridized carbons (Fsp3) is 0.300. The van der Waals surface area contributed by atoms with Crippen LogP contribution in [-0.4, -0.2) is 64.4 Å². The topological polar surface area (TPSA) is 151 Å². The molecule has 3 heterocycles. The molecule has 10 nitrogen and oxygen atoms in total. The number of aldehydes is 2. The van der Waals surface area contributed by atoms with E-state index in [1.165, 1.54) is 29.1 Å². The predicted octanol–water partition coefficient (Wildman–Crippen LogP) is 5.06. The number of benzene rings is 1. The van der Waals surface area contributed by atoms with Gasteiger partial charge in [-0.25, -0.2) is 9.38 Å². The molecule has 0 spiro atoms. The molecule has 4 rings (SSSR count). The number of carbonyl (C=O) groups excluding carboxylic acids is 3. The number of amides is 1. The SMILES string of the molecule is CC.CN/C(C=O)=C/N=C1CCC(C(=O)NCc2cc3cnc(C)cc3s2)N1C.N=C(C=O)SC(=N)c1ccccc1F. The Hall–Kier alpha value is -4.23. The monoisotopic (exact) mass is 625 g/mol. The number of hydrogen-bond acceptors (Lipinski definition) is 10. The summed E-state index contributed by atoms with van der Waals surface area (Å²) in [5, 5.41) is 20.9. The van der Waals surface area contributed by atoms with Gasteiger partial charge in [0.25, 0.3) is 0 Å². The molecular weight excluding hydrogens is 590 g/mol. The average molecular weight is 626 g/mol. The summed E-state index contributed by atoms with van der Waals surface area (Å²) in [5.74, 6) is 0.263. The van der Waals surface area contributed by atoms with Gasteiger partial charge in [0.2, 0.25) is 5.91 Å². The first-order valence-corrected chi connectivity index (χ1v) is 15.1. The third-order valence-corrected chi connectivity index (χ3v) is 7.89. The Bertz CT molecular complexity index is 1520. The summed E-state index contributed by atoms with van der Waals surface area (Å²) in [6.45, 7) is 6.47. The molecule has 228 valence electrons. The third kappa shape index (κ3) is 10.2. The maximum atomic E-state index is 13.1. The molecule has 3 aromatic rings. The average Bonchev–Trinajstić information content (AvgIpc) is 3.60. The van der Waals surface area contributed by atoms with Gasteiger partial charge >= 0.3 is 0 Å². The number of rotatable bonds is 8. The lowest BCUT2D eigenvalue weighted by Gasteiger charge is -2.21. The number of thiophene rings is 1. The fourth-order valence-electron chi connectivity index (χ4n) is 3.88. The number of amidine groups is 1. The number of carbonyl (C=O) groups is 3. The van der Waals surface area contributed by atoms with Gasteiger partial charge in [-0.05, 0) is 49.4 Å². The molecule has 1 unspecified atom stereocenters. The molecule has 1 aromatic carbocycles. The van der Waals surface area contributed by atoms with Gasteiger partial charge in [0.1, 0.15) is 27.8 Å². The van der Waals surface area contributed by atoms with E-state index in [2.05, 4.69) is 32.7 Å². The molecule has 1 fully saturated rings. The minimum absolute atomic E-state index is 0.0114. The lowest BCUT2D eigenvalue weighted by molar-refractivity contribution is -0.124. The summed E-state index contributed by atoms with van der Waals surface area (Å²) in [6, 6.07) is 9.66. The van der Waals surface area contributed by atoms with E-state index in [4.69, 9.17) is 10.8 Å². The Balaban J connectivity index is 0.000000340. The first kappa shape index (κ1) is 35.0. The van der Waals surface area contributed by atoms with Crippen LogP contribution >= 0.6 is 23.1 Å². The standard InChI is InChI=1S/C19H23N5O2S.C9H7FN2OS.C2H6/c1-12-6-17-13(8-21-12)7-15(27-17)10-23-19(26)16-4-5-18(24(16)3)22-9-14(11-25)20-2;10-7-4-2-1-3-6(7)9(12)14-8(11)5-13;1-2/h6-9,11,16,20H,4-5,10H2,1-3H3,(H,23,26);1-5,11-12H;1-2H3/b14-9+,22-18?;;. The van der Waals surface area contributed by atoms with Crippen LogP contribution in [0.2, 0.25) is 0 Å². The van der Waals surface area contributed by atoms with Gasteiger partial charge in [-0.3, -0.25) is 30.2 Å². The summed E-state index contributed by atoms with van der Waals surface area (Å²) in [6.07, 6.45) is 5.80. The van der Waals surface area contributed by atoms with Crippen molar-refractivity contribution in [3.05, 3.63) is 76.4 Å². The molecule has 1 aliphatic heterocycles. The van der Waals surface area contributed by atoms with Crippen LogP contribution in [0.1, 0.15) is 42.8 Å². The molecule has 1 aliphatic rings. The molecule has 13 heteroatoms. The van der Waals surface area contributed by atoms with Crippen LogP contribution < -0.4 is 10.6 Å². The van der Waals surface area contributed by atoms with E-state index in [0.717, 1.165) is 21.8 Å². The molecule has 1 atom stereocenters. The van der Waals surface area contributed by atoms with Crippen molar-refractivity contribution >= 4 is 67.6 Å². The number of aryl methyl sites for hydroxylation is 1.